The van der Waals surface area contributed by atoms with E-state index >= 15 is 0 Å². The van der Waals surface area contributed by atoms with Gasteiger partial charge in [-0.15, -0.1) is 11.3 Å². The third-order valence-corrected chi connectivity index (χ3v) is 4.21. The van der Waals surface area contributed by atoms with Crippen molar-refractivity contribution < 1.29 is 4.74 Å². The number of nitrogens with zero attached hydrogens (tertiary/aromatic N) is 2. The second-order valence-corrected chi connectivity index (χ2v) is 5.41. The Labute approximate surface area is 110 Å². The van der Waals surface area contributed by atoms with Gasteiger partial charge in [-0.1, -0.05) is 6.42 Å². The number of thiazole rings is 1. The summed E-state index contributed by atoms with van der Waals surface area (Å²) >= 11 is 1.74. The molecule has 1 saturated carbocycles. The van der Waals surface area contributed by atoms with Crippen molar-refractivity contribution in [2.24, 2.45) is 0 Å². The molecule has 0 radical (unpaired) electrons. The SMILES string of the molecule is Nc1ccc(OCc2csc(C3CCC3)n2)nc1. The highest BCUT2D eigenvalue weighted by Gasteiger charge is 2.22. The van der Waals surface area contributed by atoms with E-state index in [2.05, 4.69) is 15.3 Å². The van der Waals surface area contributed by atoms with Crippen molar-refractivity contribution in [3.05, 3.63) is 34.4 Å². The van der Waals surface area contributed by atoms with Gasteiger partial charge in [-0.25, -0.2) is 9.97 Å². The second-order valence-electron chi connectivity index (χ2n) is 4.52. The van der Waals surface area contributed by atoms with Gasteiger partial charge in [0.05, 0.1) is 22.6 Å². The molecule has 1 aliphatic carbocycles. The predicted octanol–water partition coefficient (Wildman–Crippen LogP) is 2.97. The fourth-order valence-corrected chi connectivity index (χ4v) is 2.83. The predicted molar refractivity (Wildman–Crippen MR) is 71.7 cm³/mol. The molecule has 0 atom stereocenters. The number of hydrogen-bond donors (Lipinski definition) is 1. The molecule has 5 heteroatoms. The molecular weight excluding hydrogens is 246 g/mol. The van der Waals surface area contributed by atoms with E-state index in [0.717, 1.165) is 5.69 Å². The minimum Gasteiger partial charge on any atom is -0.471 e. The Kier molecular flexibility index (Phi) is 3.15. The molecular formula is C13H15N3OS. The lowest BCUT2D eigenvalue weighted by Crippen LogP contribution is -2.08. The lowest BCUT2D eigenvalue weighted by atomic mass is 9.86. The minimum atomic E-state index is 0.472. The minimum absolute atomic E-state index is 0.472. The van der Waals surface area contributed by atoms with Crippen molar-refractivity contribution >= 4 is 17.0 Å². The van der Waals surface area contributed by atoms with E-state index in [1.165, 1.54) is 24.3 Å². The van der Waals surface area contributed by atoms with Gasteiger partial charge in [-0.3, -0.25) is 0 Å². The summed E-state index contributed by atoms with van der Waals surface area (Å²) in [4.78, 5) is 8.70. The topological polar surface area (TPSA) is 61.0 Å². The second kappa shape index (κ2) is 4.94. The van der Waals surface area contributed by atoms with Gasteiger partial charge in [0.25, 0.3) is 0 Å². The number of hydrogen-bond acceptors (Lipinski definition) is 5. The smallest absolute Gasteiger partial charge is 0.213 e. The fourth-order valence-electron chi connectivity index (χ4n) is 1.86. The van der Waals surface area contributed by atoms with Crippen molar-refractivity contribution in [3.63, 3.8) is 0 Å². The number of rotatable bonds is 4. The molecule has 0 aromatic carbocycles. The first kappa shape index (κ1) is 11.5. The molecule has 2 N–H and O–H groups in total. The number of nitrogen functional groups attached to an aromatic ring is 1. The van der Waals surface area contributed by atoms with E-state index in [-0.39, 0.29) is 0 Å². The van der Waals surface area contributed by atoms with Crippen LogP contribution in [0.1, 0.15) is 35.9 Å². The van der Waals surface area contributed by atoms with E-state index in [1.807, 2.05) is 0 Å². The molecule has 18 heavy (non-hydrogen) atoms. The molecule has 2 aromatic heterocycles. The standard InChI is InChI=1S/C13H15N3OS/c14-10-4-5-12(15-6-10)17-7-11-8-18-13(16-11)9-2-1-3-9/h4-6,8-9H,1-3,7,14H2. The van der Waals surface area contributed by atoms with Crippen LogP contribution >= 0.6 is 11.3 Å². The summed E-state index contributed by atoms with van der Waals surface area (Å²) in [5, 5.41) is 3.33. The van der Waals surface area contributed by atoms with Crippen LogP contribution in [0.25, 0.3) is 0 Å². The van der Waals surface area contributed by atoms with Crippen LogP contribution in [0.2, 0.25) is 0 Å². The van der Waals surface area contributed by atoms with E-state index in [9.17, 15) is 0 Å². The largest absolute Gasteiger partial charge is 0.471 e. The Bertz CT molecular complexity index is 519. The molecule has 0 spiro atoms. The summed E-state index contributed by atoms with van der Waals surface area (Å²) < 4.78 is 5.57. The van der Waals surface area contributed by atoms with Crippen LogP contribution < -0.4 is 10.5 Å². The van der Waals surface area contributed by atoms with E-state index < -0.39 is 0 Å². The van der Waals surface area contributed by atoms with E-state index in [0.29, 0.717) is 24.1 Å². The number of ether oxygens (including phenoxy) is 1. The van der Waals surface area contributed by atoms with Gasteiger partial charge in [-0.2, -0.15) is 0 Å². The zero-order valence-electron chi connectivity index (χ0n) is 10.0. The van der Waals surface area contributed by atoms with Crippen molar-refractivity contribution in [1.29, 1.82) is 0 Å². The average molecular weight is 261 g/mol. The highest BCUT2D eigenvalue weighted by atomic mass is 32.1. The molecule has 0 bridgehead atoms. The molecule has 1 fully saturated rings. The summed E-state index contributed by atoms with van der Waals surface area (Å²) in [6.45, 7) is 0.472. The fraction of sp³-hybridized carbons (Fsp3) is 0.385. The number of anilines is 1. The first-order valence-electron chi connectivity index (χ1n) is 6.10. The lowest BCUT2D eigenvalue weighted by molar-refractivity contribution is 0.289. The van der Waals surface area contributed by atoms with Crippen LogP contribution in [0.15, 0.2) is 23.7 Å². The Balaban J connectivity index is 1.59. The van der Waals surface area contributed by atoms with Crippen LogP contribution in [0.4, 0.5) is 5.69 Å². The van der Waals surface area contributed by atoms with E-state index in [4.69, 9.17) is 10.5 Å². The van der Waals surface area contributed by atoms with Gasteiger partial charge in [0.15, 0.2) is 0 Å². The molecule has 4 nitrogen and oxygen atoms in total. The summed E-state index contributed by atoms with van der Waals surface area (Å²) in [6, 6.07) is 3.55. The summed E-state index contributed by atoms with van der Waals surface area (Å²) in [5.74, 6) is 1.28. The third kappa shape index (κ3) is 2.46. The van der Waals surface area contributed by atoms with Crippen molar-refractivity contribution in [2.45, 2.75) is 31.8 Å². The molecule has 2 heterocycles. The number of nitrogens with two attached hydrogens (primary N) is 1. The molecule has 0 aliphatic heterocycles. The van der Waals surface area contributed by atoms with Crippen LogP contribution in [0, 0.1) is 0 Å². The molecule has 2 aromatic rings. The third-order valence-electron chi connectivity index (χ3n) is 3.15. The zero-order valence-corrected chi connectivity index (χ0v) is 10.8. The van der Waals surface area contributed by atoms with Gasteiger partial charge in [0, 0.05) is 17.4 Å². The summed E-state index contributed by atoms with van der Waals surface area (Å²) in [6.07, 6.45) is 5.50. The Morgan fingerprint density at radius 2 is 2.28 bits per heavy atom. The monoisotopic (exact) mass is 261 g/mol. The molecule has 0 unspecified atom stereocenters. The molecule has 1 aliphatic rings. The number of pyridine rings is 1. The lowest BCUT2D eigenvalue weighted by Gasteiger charge is -2.22. The maximum Gasteiger partial charge on any atom is 0.213 e. The maximum absolute atomic E-state index is 5.57. The van der Waals surface area contributed by atoms with E-state index in [1.54, 1.807) is 29.7 Å². The van der Waals surface area contributed by atoms with Crippen molar-refractivity contribution in [2.75, 3.05) is 5.73 Å². The molecule has 0 amide bonds. The van der Waals surface area contributed by atoms with Crippen LogP contribution in [-0.2, 0) is 6.61 Å². The Morgan fingerprint density at radius 3 is 2.94 bits per heavy atom. The number of aromatic nitrogens is 2. The quantitative estimate of drug-likeness (QED) is 0.919. The zero-order chi connectivity index (χ0) is 12.4. The van der Waals surface area contributed by atoms with Crippen LogP contribution in [-0.4, -0.2) is 9.97 Å². The van der Waals surface area contributed by atoms with Gasteiger partial charge in [0.2, 0.25) is 5.88 Å². The Morgan fingerprint density at radius 1 is 1.39 bits per heavy atom. The van der Waals surface area contributed by atoms with Gasteiger partial charge < -0.3 is 10.5 Å². The van der Waals surface area contributed by atoms with Crippen LogP contribution in [0.3, 0.4) is 0 Å². The van der Waals surface area contributed by atoms with Crippen molar-refractivity contribution in [3.8, 4) is 5.88 Å². The first-order valence-corrected chi connectivity index (χ1v) is 6.98. The molecule has 3 rings (SSSR count). The van der Waals surface area contributed by atoms with Gasteiger partial charge in [-0.05, 0) is 18.9 Å². The van der Waals surface area contributed by atoms with Crippen LogP contribution in [0.5, 0.6) is 5.88 Å². The summed E-state index contributed by atoms with van der Waals surface area (Å²) in [5.41, 5.74) is 7.19. The summed E-state index contributed by atoms with van der Waals surface area (Å²) in [7, 11) is 0. The van der Waals surface area contributed by atoms with Crippen molar-refractivity contribution in [1.82, 2.24) is 9.97 Å². The normalized spacial score (nSPS) is 15.3. The highest BCUT2D eigenvalue weighted by molar-refractivity contribution is 7.09. The average Bonchev–Trinajstić information content (AvgIpc) is 2.75. The van der Waals surface area contributed by atoms with Gasteiger partial charge in [0.1, 0.15) is 6.61 Å². The first-order chi connectivity index (χ1) is 8.81. The molecule has 0 saturated heterocycles. The maximum atomic E-state index is 5.57. The van der Waals surface area contributed by atoms with Gasteiger partial charge >= 0.3 is 0 Å². The Hall–Kier alpha value is -1.62. The highest BCUT2D eigenvalue weighted by Crippen LogP contribution is 2.37. The molecule has 94 valence electrons.